The summed E-state index contributed by atoms with van der Waals surface area (Å²) in [5.41, 5.74) is 0. The van der Waals surface area contributed by atoms with E-state index in [1.54, 1.807) is 18.5 Å². The van der Waals surface area contributed by atoms with Crippen LogP contribution < -0.4 is 4.87 Å². The fraction of sp³-hybridized carbons (Fsp3) is 0.625. The Kier molecular flexibility index (Phi) is 3.88. The first-order valence-corrected chi connectivity index (χ1v) is 7.09. The second-order valence-electron chi connectivity index (χ2n) is 2.95. The lowest BCUT2D eigenvalue weighted by Gasteiger charge is -2.01. The van der Waals surface area contributed by atoms with Crippen molar-refractivity contribution >= 4 is 21.2 Å². The summed E-state index contributed by atoms with van der Waals surface area (Å²) in [5, 5.41) is 1.71. The largest absolute Gasteiger partial charge is 0.307 e. The molecule has 0 aliphatic heterocycles. The Morgan fingerprint density at radius 2 is 2.21 bits per heavy atom. The number of hydrogen-bond donors (Lipinski definition) is 0. The minimum Gasteiger partial charge on any atom is -0.306 e. The van der Waals surface area contributed by atoms with Crippen molar-refractivity contribution in [1.82, 2.24) is 4.57 Å². The predicted octanol–water partition coefficient (Wildman–Crippen LogP) is 0.735. The molecule has 0 aliphatic rings. The quantitative estimate of drug-likeness (QED) is 0.756. The second kappa shape index (κ2) is 4.75. The normalized spacial score (nSPS) is 11.8. The molecule has 0 radical (unpaired) electrons. The summed E-state index contributed by atoms with van der Waals surface area (Å²) in [7, 11) is -2.90. The number of thiazole rings is 1. The lowest BCUT2D eigenvalue weighted by atomic mass is 10.5. The van der Waals surface area contributed by atoms with Crippen LogP contribution in [0.25, 0.3) is 0 Å². The molecule has 0 atom stereocenters. The van der Waals surface area contributed by atoms with Crippen LogP contribution in [0.4, 0.5) is 0 Å². The summed E-state index contributed by atoms with van der Waals surface area (Å²) in [6, 6.07) is 0. The molecule has 14 heavy (non-hydrogen) atoms. The highest BCUT2D eigenvalue weighted by Gasteiger charge is 2.06. The molecule has 0 unspecified atom stereocenters. The van der Waals surface area contributed by atoms with E-state index in [1.165, 1.54) is 4.57 Å². The van der Waals surface area contributed by atoms with Crippen molar-refractivity contribution in [1.29, 1.82) is 0 Å². The Morgan fingerprint density at radius 3 is 2.71 bits per heavy atom. The average Bonchev–Trinajstić information content (AvgIpc) is 2.52. The second-order valence-corrected chi connectivity index (χ2v) is 6.28. The van der Waals surface area contributed by atoms with Gasteiger partial charge in [0.15, 0.2) is 0 Å². The number of hydrogen-bond acceptors (Lipinski definition) is 4. The highest BCUT2D eigenvalue weighted by atomic mass is 32.2. The van der Waals surface area contributed by atoms with E-state index in [2.05, 4.69) is 0 Å². The smallest absolute Gasteiger partial charge is 0.306 e. The SMILES string of the molecule is CCS(=O)(=O)CCCn1ccsc1=O. The molecule has 6 heteroatoms. The van der Waals surface area contributed by atoms with Crippen molar-refractivity contribution in [3.63, 3.8) is 0 Å². The van der Waals surface area contributed by atoms with Gasteiger partial charge in [-0.1, -0.05) is 18.3 Å². The van der Waals surface area contributed by atoms with Crippen molar-refractivity contribution in [2.24, 2.45) is 0 Å². The monoisotopic (exact) mass is 235 g/mol. The van der Waals surface area contributed by atoms with Gasteiger partial charge in [0, 0.05) is 23.9 Å². The molecule has 1 aromatic heterocycles. The van der Waals surface area contributed by atoms with Gasteiger partial charge >= 0.3 is 4.87 Å². The fourth-order valence-corrected chi connectivity index (χ4v) is 2.52. The summed E-state index contributed by atoms with van der Waals surface area (Å²) < 4.78 is 23.8. The molecule has 0 amide bonds. The first kappa shape index (κ1) is 11.5. The maximum Gasteiger partial charge on any atom is 0.307 e. The minimum absolute atomic E-state index is 0.0288. The molecule has 1 rings (SSSR count). The first-order valence-electron chi connectivity index (χ1n) is 4.39. The third-order valence-electron chi connectivity index (χ3n) is 1.94. The van der Waals surface area contributed by atoms with Gasteiger partial charge < -0.3 is 4.57 Å². The van der Waals surface area contributed by atoms with Gasteiger partial charge in [-0.05, 0) is 6.42 Å². The molecule has 0 fully saturated rings. The van der Waals surface area contributed by atoms with Crippen molar-refractivity contribution in [3.05, 3.63) is 21.2 Å². The fourth-order valence-electron chi connectivity index (χ4n) is 1.06. The third-order valence-corrected chi connectivity index (χ3v) is 4.42. The van der Waals surface area contributed by atoms with Crippen LogP contribution in [-0.4, -0.2) is 24.5 Å². The topological polar surface area (TPSA) is 56.1 Å². The Labute approximate surface area is 87.1 Å². The summed E-state index contributed by atoms with van der Waals surface area (Å²) in [4.78, 5) is 11.0. The Morgan fingerprint density at radius 1 is 1.50 bits per heavy atom. The average molecular weight is 235 g/mol. The van der Waals surface area contributed by atoms with Crippen LogP contribution in [-0.2, 0) is 16.4 Å². The summed E-state index contributed by atoms with van der Waals surface area (Å²) >= 11 is 1.13. The van der Waals surface area contributed by atoms with Gasteiger partial charge in [0.05, 0.1) is 5.75 Å². The van der Waals surface area contributed by atoms with Crippen molar-refractivity contribution in [2.75, 3.05) is 11.5 Å². The van der Waals surface area contributed by atoms with E-state index in [1.807, 2.05) is 0 Å². The van der Waals surface area contributed by atoms with Gasteiger partial charge in [-0.3, -0.25) is 4.79 Å². The molecule has 0 bridgehead atoms. The van der Waals surface area contributed by atoms with E-state index in [9.17, 15) is 13.2 Å². The molecule has 0 N–H and O–H groups in total. The molecular weight excluding hydrogens is 222 g/mol. The summed E-state index contributed by atoms with van der Waals surface area (Å²) in [5.74, 6) is 0.331. The highest BCUT2D eigenvalue weighted by Crippen LogP contribution is 1.97. The van der Waals surface area contributed by atoms with E-state index in [-0.39, 0.29) is 16.4 Å². The maximum atomic E-state index is 11.1. The van der Waals surface area contributed by atoms with Gasteiger partial charge in [0.1, 0.15) is 9.84 Å². The van der Waals surface area contributed by atoms with Gasteiger partial charge in [-0.15, -0.1) is 0 Å². The molecule has 1 heterocycles. The van der Waals surface area contributed by atoms with Crippen molar-refractivity contribution in [2.45, 2.75) is 19.9 Å². The van der Waals surface area contributed by atoms with E-state index in [0.29, 0.717) is 13.0 Å². The van der Waals surface area contributed by atoms with Crippen LogP contribution in [0.5, 0.6) is 0 Å². The van der Waals surface area contributed by atoms with E-state index in [0.717, 1.165) is 11.3 Å². The van der Waals surface area contributed by atoms with Gasteiger partial charge in [0.25, 0.3) is 0 Å². The zero-order valence-corrected chi connectivity index (χ0v) is 9.60. The molecule has 0 aliphatic carbocycles. The van der Waals surface area contributed by atoms with Crippen LogP contribution >= 0.6 is 11.3 Å². The predicted molar refractivity (Wildman–Crippen MR) is 57.5 cm³/mol. The molecular formula is C8H13NO3S2. The van der Waals surface area contributed by atoms with Crippen LogP contribution in [0.2, 0.25) is 0 Å². The number of sulfone groups is 1. The van der Waals surface area contributed by atoms with Crippen molar-refractivity contribution < 1.29 is 8.42 Å². The number of aryl methyl sites for hydroxylation is 1. The van der Waals surface area contributed by atoms with Crippen LogP contribution in [0.1, 0.15) is 13.3 Å². The van der Waals surface area contributed by atoms with Crippen molar-refractivity contribution in [3.8, 4) is 0 Å². The van der Waals surface area contributed by atoms with Gasteiger partial charge in [-0.25, -0.2) is 8.42 Å². The van der Waals surface area contributed by atoms with Crippen LogP contribution in [0.3, 0.4) is 0 Å². The Balaban J connectivity index is 2.44. The number of rotatable bonds is 5. The van der Waals surface area contributed by atoms with Gasteiger partial charge in [0.2, 0.25) is 0 Å². The molecule has 0 saturated carbocycles. The third kappa shape index (κ3) is 3.26. The zero-order valence-electron chi connectivity index (χ0n) is 7.97. The lowest BCUT2D eigenvalue weighted by molar-refractivity contribution is 0.586. The summed E-state index contributed by atoms with van der Waals surface area (Å²) in [6.45, 7) is 2.12. The Bertz CT molecular complexity index is 429. The zero-order chi connectivity index (χ0) is 10.6. The highest BCUT2D eigenvalue weighted by molar-refractivity contribution is 7.91. The number of nitrogens with zero attached hydrogens (tertiary/aromatic N) is 1. The van der Waals surface area contributed by atoms with Crippen LogP contribution in [0, 0.1) is 0 Å². The molecule has 4 nitrogen and oxygen atoms in total. The van der Waals surface area contributed by atoms with E-state index < -0.39 is 9.84 Å². The summed E-state index contributed by atoms with van der Waals surface area (Å²) in [6.07, 6.45) is 2.19. The van der Waals surface area contributed by atoms with Crippen LogP contribution in [0.15, 0.2) is 16.4 Å². The lowest BCUT2D eigenvalue weighted by Crippen LogP contribution is -2.16. The van der Waals surface area contributed by atoms with Gasteiger partial charge in [-0.2, -0.15) is 0 Å². The molecule has 0 saturated heterocycles. The first-order chi connectivity index (χ1) is 6.55. The van der Waals surface area contributed by atoms with E-state index >= 15 is 0 Å². The number of aromatic nitrogens is 1. The minimum atomic E-state index is -2.90. The Hall–Kier alpha value is -0.620. The van der Waals surface area contributed by atoms with E-state index in [4.69, 9.17) is 0 Å². The molecule has 0 aromatic carbocycles. The molecule has 1 aromatic rings. The molecule has 80 valence electrons. The molecule has 0 spiro atoms. The standard InChI is InChI=1S/C8H13NO3S2/c1-2-14(11,12)7-3-4-9-5-6-13-8(9)10/h5-6H,2-4,7H2,1H3. The maximum absolute atomic E-state index is 11.1.